The molecule has 0 fully saturated rings. The lowest BCUT2D eigenvalue weighted by molar-refractivity contribution is 0.668. The average molecular weight is 1280 g/mol. The van der Waals surface area contributed by atoms with Crippen LogP contribution in [0.1, 0.15) is 96.2 Å². The van der Waals surface area contributed by atoms with Crippen LogP contribution in [0.3, 0.4) is 0 Å². The highest BCUT2D eigenvalue weighted by molar-refractivity contribution is 6.10. The molecule has 4 heterocycles. The lowest BCUT2D eigenvalue weighted by Crippen LogP contribution is -2.31. The van der Waals surface area contributed by atoms with Crippen LogP contribution in [0.5, 0.6) is 0 Å². The number of para-hydroxylation sites is 4. The predicted molar refractivity (Wildman–Crippen MR) is 405 cm³/mol. The van der Waals surface area contributed by atoms with Gasteiger partial charge in [-0.25, -0.2) is 0 Å². The molecule has 0 saturated heterocycles. The maximum absolute atomic E-state index is 10.6. The monoisotopic (exact) mass is 1280 g/mol. The molecule has 0 spiro atoms. The summed E-state index contributed by atoms with van der Waals surface area (Å²) in [4.78, 5) is 3.17. The third-order valence-electron chi connectivity index (χ3n) is 19.4. The molecular formula is C94H62N2O2. The van der Waals surface area contributed by atoms with Gasteiger partial charge in [-0.2, -0.15) is 0 Å². The summed E-state index contributed by atoms with van der Waals surface area (Å²) in [6, 6.07) is 35.1. The molecule has 4 nitrogen and oxygen atoms in total. The van der Waals surface area contributed by atoms with Crippen molar-refractivity contribution in [2.45, 2.75) is 25.2 Å². The Morgan fingerprint density at radius 2 is 0.714 bits per heavy atom. The van der Waals surface area contributed by atoms with Crippen molar-refractivity contribution in [2.24, 2.45) is 0 Å². The molecule has 2 aromatic heterocycles. The standard InChI is InChI=1S/C94H62N2O2/c1-58-22-19-31-66(50-58)75-39-21-38-74(61-27-9-4-10-28-61)94(75)96-83-55-65(63-45-49-89-81(53-63)77-35-16-18-41-87(77)98-89)43-47-79(83)91-78-46-42-64(62-44-48-88-80(52-62)76-34-15-17-40-86(76)97-88)54-82(78)95(93-72(59-23-5-2-6-24-59)36-20-37-73(93)60-25-7-3-8-26-60)84-56-69(57-85(96)92(84)91)90-70-32-13-11-29-67(70)51-68-30-12-14-33-71(68)90/h2-50,52-57,90-91H,51H2,1H3/i2D,3D,4D,5D,6D,7D,8D,9D,10D,19D,20D,21D,22D,23D,24D,25D,26D,27D,28D,31D,36D,37D,38D,39D,50D. The summed E-state index contributed by atoms with van der Waals surface area (Å²) in [6.07, 6.45) is 0.428. The van der Waals surface area contributed by atoms with Crippen LogP contribution in [0.2, 0.25) is 0 Å². The van der Waals surface area contributed by atoms with E-state index in [-0.39, 0.29) is 33.9 Å². The van der Waals surface area contributed by atoms with Gasteiger partial charge < -0.3 is 18.6 Å². The van der Waals surface area contributed by atoms with E-state index in [0.717, 1.165) is 38.4 Å². The molecule has 3 aliphatic rings. The van der Waals surface area contributed by atoms with Crippen molar-refractivity contribution in [3.8, 4) is 66.8 Å². The number of furan rings is 2. The van der Waals surface area contributed by atoms with E-state index in [1.165, 1.54) is 6.92 Å². The molecular weight excluding hydrogens is 1190 g/mol. The molecule has 0 N–H and O–H groups in total. The molecule has 460 valence electrons. The van der Waals surface area contributed by atoms with Gasteiger partial charge in [0, 0.05) is 61.2 Å². The summed E-state index contributed by atoms with van der Waals surface area (Å²) in [5, 5.41) is 2.99. The highest BCUT2D eigenvalue weighted by Gasteiger charge is 2.45. The van der Waals surface area contributed by atoms with Crippen LogP contribution >= 0.6 is 0 Å². The van der Waals surface area contributed by atoms with E-state index < -0.39 is 219 Å². The van der Waals surface area contributed by atoms with Crippen molar-refractivity contribution in [2.75, 3.05) is 9.80 Å². The third-order valence-corrected chi connectivity index (χ3v) is 19.4. The van der Waals surface area contributed by atoms with Crippen LogP contribution in [0.15, 0.2) is 342 Å². The molecule has 0 amide bonds. The van der Waals surface area contributed by atoms with Gasteiger partial charge in [0.15, 0.2) is 0 Å². The molecule has 20 rings (SSSR count). The lowest BCUT2D eigenvalue weighted by Gasteiger charge is -2.47. The van der Waals surface area contributed by atoms with Crippen LogP contribution in [0, 0.1) is 6.92 Å². The Labute approximate surface area is 604 Å². The van der Waals surface area contributed by atoms with Gasteiger partial charge in [0.2, 0.25) is 0 Å². The number of benzene rings is 15. The molecule has 1 unspecified atom stereocenters. The summed E-state index contributed by atoms with van der Waals surface area (Å²) in [6.45, 7) is 1.38. The minimum atomic E-state index is -1.18. The van der Waals surface area contributed by atoms with E-state index in [0.29, 0.717) is 73.1 Å². The summed E-state index contributed by atoms with van der Waals surface area (Å²) < 4.78 is 258. The normalized spacial score (nSPS) is 17.3. The zero-order chi connectivity index (χ0) is 86.3. The summed E-state index contributed by atoms with van der Waals surface area (Å²) in [5.74, 6) is -2.06. The number of anilines is 6. The third kappa shape index (κ3) is 8.84. The number of nitrogens with zero attached hydrogens (tertiary/aromatic N) is 2. The van der Waals surface area contributed by atoms with Gasteiger partial charge >= 0.3 is 0 Å². The molecule has 0 bridgehead atoms. The van der Waals surface area contributed by atoms with Crippen LogP contribution in [-0.4, -0.2) is 0 Å². The SMILES string of the molecule is [2H]c1c([2H])c([2H])c(-c2c([2H])c([2H])c([2H])c(-c3c([2H])c([2H])c([2H])c([2H])c3[2H])c2N2c3cc(-c4ccc5oc6ccccc6c5c4)ccc3C3c4ccc(-c5ccc6oc7ccccc7c6c5)cc4N(c4c(-c5c([2H])c([2H])c([2H])c([2H])c5[2H])c([2H])c([2H])c([2H])c4-c4c([2H])c([2H])c([2H])c(C)c4[2H])c4cc(C5c6ccccc6Cc6ccccc65)cc2c43)c([2H])c1[2H]. The summed E-state index contributed by atoms with van der Waals surface area (Å²) in [7, 11) is 0. The van der Waals surface area contributed by atoms with E-state index >= 15 is 0 Å². The molecule has 4 heteroatoms. The largest absolute Gasteiger partial charge is 0.456 e. The maximum atomic E-state index is 10.6. The van der Waals surface area contributed by atoms with E-state index in [1.807, 2.05) is 182 Å². The minimum Gasteiger partial charge on any atom is -0.456 e. The van der Waals surface area contributed by atoms with Crippen molar-refractivity contribution in [1.29, 1.82) is 0 Å². The molecule has 98 heavy (non-hydrogen) atoms. The summed E-state index contributed by atoms with van der Waals surface area (Å²) in [5.41, 5.74) is 3.22. The number of rotatable bonds is 9. The Morgan fingerprint density at radius 1 is 0.316 bits per heavy atom. The van der Waals surface area contributed by atoms with Gasteiger partial charge in [0.05, 0.1) is 68.4 Å². The van der Waals surface area contributed by atoms with Crippen molar-refractivity contribution < 1.29 is 43.1 Å². The number of fused-ring (bicyclic) bond motifs is 12. The van der Waals surface area contributed by atoms with Crippen LogP contribution < -0.4 is 9.80 Å². The van der Waals surface area contributed by atoms with E-state index in [1.54, 1.807) is 9.80 Å². The van der Waals surface area contributed by atoms with Crippen LogP contribution in [-0.2, 0) is 6.42 Å². The van der Waals surface area contributed by atoms with E-state index in [4.69, 9.17) is 12.9 Å². The van der Waals surface area contributed by atoms with Crippen molar-refractivity contribution in [3.05, 3.63) is 383 Å². The Kier molecular flexibility index (Phi) is 8.29. The van der Waals surface area contributed by atoms with Gasteiger partial charge in [0.25, 0.3) is 0 Å². The van der Waals surface area contributed by atoms with E-state index in [2.05, 4.69) is 0 Å². The highest BCUT2D eigenvalue weighted by Crippen LogP contribution is 2.65. The zero-order valence-corrected chi connectivity index (χ0v) is 51.9. The average Bonchev–Trinajstić information content (AvgIpc) is 1.67. The first-order chi connectivity index (χ1) is 58.9. The maximum Gasteiger partial charge on any atom is 0.135 e. The molecule has 1 atom stereocenters. The van der Waals surface area contributed by atoms with Crippen molar-refractivity contribution in [1.82, 2.24) is 0 Å². The van der Waals surface area contributed by atoms with Crippen LogP contribution in [0.25, 0.3) is 111 Å². The van der Waals surface area contributed by atoms with Gasteiger partial charge in [-0.3, -0.25) is 0 Å². The fraction of sp³-hybridized carbons (Fsp3) is 0.0426. The lowest BCUT2D eigenvalue weighted by atomic mass is 9.71. The number of hydrogen-bond donors (Lipinski definition) is 0. The van der Waals surface area contributed by atoms with Crippen molar-refractivity contribution in [3.63, 3.8) is 0 Å². The fourth-order valence-corrected chi connectivity index (χ4v) is 15.2. The first-order valence-electron chi connectivity index (χ1n) is 44.5. The van der Waals surface area contributed by atoms with Gasteiger partial charge in [-0.15, -0.1) is 0 Å². The zero-order valence-electron chi connectivity index (χ0n) is 76.9. The second-order valence-corrected chi connectivity index (χ2v) is 24.7. The molecule has 2 aliphatic heterocycles. The molecule has 1 aliphatic carbocycles. The fourth-order valence-electron chi connectivity index (χ4n) is 15.2. The van der Waals surface area contributed by atoms with Crippen LogP contribution in [0.4, 0.5) is 34.1 Å². The summed E-state index contributed by atoms with van der Waals surface area (Å²) >= 11 is 0. The molecule has 0 saturated carbocycles. The topological polar surface area (TPSA) is 32.8 Å². The minimum absolute atomic E-state index is 0.0233. The second-order valence-electron chi connectivity index (χ2n) is 24.7. The Bertz CT molecular complexity index is 6930. The smallest absolute Gasteiger partial charge is 0.135 e. The highest BCUT2D eigenvalue weighted by atomic mass is 16.3. The first kappa shape index (κ1) is 36.4. The Morgan fingerprint density at radius 3 is 1.20 bits per heavy atom. The second kappa shape index (κ2) is 22.3. The number of hydrogen-bond acceptors (Lipinski definition) is 4. The first-order valence-corrected chi connectivity index (χ1v) is 32.0. The quantitative estimate of drug-likeness (QED) is 0.144. The van der Waals surface area contributed by atoms with E-state index in [9.17, 15) is 30.2 Å². The Hall–Kier alpha value is -12.5. The van der Waals surface area contributed by atoms with Crippen molar-refractivity contribution >= 4 is 78.0 Å². The van der Waals surface area contributed by atoms with Gasteiger partial charge in [0.1, 0.15) is 22.3 Å². The molecule has 0 radical (unpaired) electrons. The predicted octanol–water partition coefficient (Wildman–Crippen LogP) is 25.6. The Balaban J connectivity index is 1.05. The van der Waals surface area contributed by atoms with Gasteiger partial charge in [-0.05, 0) is 157 Å². The molecule has 17 aromatic rings. The molecule has 15 aromatic carbocycles. The van der Waals surface area contributed by atoms with Gasteiger partial charge in [-0.1, -0.05) is 278 Å².